The van der Waals surface area contributed by atoms with E-state index in [0.717, 1.165) is 49.4 Å². The zero-order valence-corrected chi connectivity index (χ0v) is 19.4. The van der Waals surface area contributed by atoms with Crippen molar-refractivity contribution in [1.29, 1.82) is 0 Å². The largest absolute Gasteiger partial charge is 0.444 e. The Morgan fingerprint density at radius 2 is 1.97 bits per heavy atom. The van der Waals surface area contributed by atoms with Gasteiger partial charge in [-0.15, -0.1) is 0 Å². The summed E-state index contributed by atoms with van der Waals surface area (Å²) in [6.45, 7) is 14.4. The number of hydrogen-bond donors (Lipinski definition) is 1. The van der Waals surface area contributed by atoms with Gasteiger partial charge in [0.15, 0.2) is 0 Å². The molecule has 0 aliphatic carbocycles. The number of likely N-dealkylation sites (tertiary alicyclic amines) is 2. The second-order valence-corrected chi connectivity index (χ2v) is 10.9. The molecule has 31 heavy (non-hydrogen) atoms. The van der Waals surface area contributed by atoms with E-state index in [-0.39, 0.29) is 17.6 Å². The van der Waals surface area contributed by atoms with Crippen molar-refractivity contribution in [3.8, 4) is 0 Å². The molecule has 4 rings (SSSR count). The zero-order chi connectivity index (χ0) is 22.4. The fraction of sp³-hybridized carbons (Fsp3) is 0.696. The molecule has 0 saturated carbocycles. The van der Waals surface area contributed by atoms with Crippen molar-refractivity contribution in [1.82, 2.24) is 24.4 Å². The molecule has 0 bridgehead atoms. The maximum Gasteiger partial charge on any atom is 0.410 e. The number of ether oxygens (including phenoxy) is 1. The molecule has 0 unspecified atom stereocenters. The molecule has 0 radical (unpaired) electrons. The molecular formula is C23H35N5O3. The van der Waals surface area contributed by atoms with Crippen LogP contribution in [-0.2, 0) is 11.3 Å². The van der Waals surface area contributed by atoms with Crippen LogP contribution in [-0.4, -0.2) is 62.3 Å². The summed E-state index contributed by atoms with van der Waals surface area (Å²) in [6, 6.07) is 1.66. The number of aromatic nitrogens is 3. The van der Waals surface area contributed by atoms with Crippen LogP contribution in [0.1, 0.15) is 71.1 Å². The van der Waals surface area contributed by atoms with Gasteiger partial charge >= 0.3 is 6.09 Å². The molecule has 2 saturated heterocycles. The number of carbonyl (C=O) groups excluding carboxylic acids is 1. The molecular weight excluding hydrogens is 394 g/mol. The lowest BCUT2D eigenvalue weighted by molar-refractivity contribution is 0.0203. The Kier molecular flexibility index (Phi) is 5.62. The van der Waals surface area contributed by atoms with Crippen molar-refractivity contribution in [2.24, 2.45) is 5.41 Å². The molecule has 1 N–H and O–H groups in total. The fourth-order valence-corrected chi connectivity index (χ4v) is 4.75. The predicted octanol–water partition coefficient (Wildman–Crippen LogP) is 3.37. The van der Waals surface area contributed by atoms with Crippen LogP contribution in [0.15, 0.2) is 17.1 Å². The Morgan fingerprint density at radius 3 is 2.58 bits per heavy atom. The van der Waals surface area contributed by atoms with Gasteiger partial charge in [-0.05, 0) is 52.0 Å². The quantitative estimate of drug-likeness (QED) is 0.809. The molecule has 8 nitrogen and oxygen atoms in total. The third kappa shape index (κ3) is 4.95. The van der Waals surface area contributed by atoms with Crippen LogP contribution in [0.3, 0.4) is 0 Å². The van der Waals surface area contributed by atoms with E-state index < -0.39 is 5.60 Å². The molecule has 2 aliphatic heterocycles. The van der Waals surface area contributed by atoms with Crippen molar-refractivity contribution >= 4 is 11.7 Å². The number of amides is 1. The van der Waals surface area contributed by atoms with Gasteiger partial charge in [0.1, 0.15) is 11.2 Å². The lowest BCUT2D eigenvalue weighted by atomic mass is 9.93. The van der Waals surface area contributed by atoms with Crippen LogP contribution in [0.5, 0.6) is 0 Å². The number of H-pyrrole nitrogens is 1. The summed E-state index contributed by atoms with van der Waals surface area (Å²) in [5.41, 5.74) is 2.52. The minimum atomic E-state index is -0.497. The van der Waals surface area contributed by atoms with Crippen LogP contribution >= 0.6 is 0 Å². The van der Waals surface area contributed by atoms with E-state index in [1.54, 1.807) is 11.0 Å². The third-order valence-electron chi connectivity index (χ3n) is 6.33. The monoisotopic (exact) mass is 429 g/mol. The normalized spacial score (nSPS) is 20.5. The van der Waals surface area contributed by atoms with Gasteiger partial charge in [-0.1, -0.05) is 13.8 Å². The number of aromatic amines is 1. The molecule has 2 fully saturated rings. The van der Waals surface area contributed by atoms with Crippen molar-refractivity contribution in [3.63, 3.8) is 0 Å². The van der Waals surface area contributed by atoms with E-state index in [2.05, 4.69) is 28.8 Å². The van der Waals surface area contributed by atoms with E-state index in [1.165, 1.54) is 6.42 Å². The Hall–Kier alpha value is -2.35. The molecule has 8 heteroatoms. The summed E-state index contributed by atoms with van der Waals surface area (Å²) >= 11 is 0. The maximum absolute atomic E-state index is 12.5. The number of nitrogens with one attached hydrogen (secondary N) is 1. The van der Waals surface area contributed by atoms with Crippen LogP contribution < -0.4 is 5.56 Å². The zero-order valence-electron chi connectivity index (χ0n) is 19.4. The SMILES string of the molecule is CC1(C)CCN(Cc2cnn3c(C4CCN(C(=O)OC(C)(C)C)CC4)cc(=O)[nH]c23)C1. The second-order valence-electron chi connectivity index (χ2n) is 10.9. The number of fused-ring (bicyclic) bond motifs is 1. The number of carbonyl (C=O) groups is 1. The van der Waals surface area contributed by atoms with E-state index in [0.29, 0.717) is 18.5 Å². The molecule has 170 valence electrons. The summed E-state index contributed by atoms with van der Waals surface area (Å²) in [5.74, 6) is 0.182. The van der Waals surface area contributed by atoms with E-state index in [1.807, 2.05) is 31.5 Å². The summed E-state index contributed by atoms with van der Waals surface area (Å²) in [7, 11) is 0. The number of hydrogen-bond acceptors (Lipinski definition) is 5. The number of rotatable bonds is 3. The highest BCUT2D eigenvalue weighted by Crippen LogP contribution is 2.31. The minimum Gasteiger partial charge on any atom is -0.444 e. The molecule has 1 amide bonds. The number of piperidine rings is 1. The first-order chi connectivity index (χ1) is 14.5. The van der Waals surface area contributed by atoms with E-state index in [4.69, 9.17) is 4.74 Å². The Morgan fingerprint density at radius 1 is 1.26 bits per heavy atom. The first-order valence-electron chi connectivity index (χ1n) is 11.3. The summed E-state index contributed by atoms with van der Waals surface area (Å²) in [6.07, 6.45) is 4.37. The van der Waals surface area contributed by atoms with Gasteiger partial charge in [-0.2, -0.15) is 5.10 Å². The third-order valence-corrected chi connectivity index (χ3v) is 6.33. The molecule has 0 atom stereocenters. The van der Waals surface area contributed by atoms with Gasteiger partial charge in [0.2, 0.25) is 0 Å². The molecule has 0 aromatic carbocycles. The second kappa shape index (κ2) is 7.97. The van der Waals surface area contributed by atoms with Gasteiger partial charge in [0.05, 0.1) is 11.9 Å². The van der Waals surface area contributed by atoms with Gasteiger partial charge in [-0.25, -0.2) is 9.31 Å². The lowest BCUT2D eigenvalue weighted by Gasteiger charge is -2.33. The molecule has 4 heterocycles. The average Bonchev–Trinajstić information content (AvgIpc) is 3.23. The smallest absolute Gasteiger partial charge is 0.410 e. The highest BCUT2D eigenvalue weighted by molar-refractivity contribution is 5.68. The Balaban J connectivity index is 1.50. The predicted molar refractivity (Wildman–Crippen MR) is 119 cm³/mol. The topological polar surface area (TPSA) is 82.9 Å². The molecule has 0 spiro atoms. The highest BCUT2D eigenvalue weighted by Gasteiger charge is 2.31. The van der Waals surface area contributed by atoms with Gasteiger partial charge in [0.25, 0.3) is 5.56 Å². The number of nitrogens with zero attached hydrogens (tertiary/aromatic N) is 4. The van der Waals surface area contributed by atoms with Gasteiger partial charge in [-0.3, -0.25) is 9.69 Å². The average molecular weight is 430 g/mol. The van der Waals surface area contributed by atoms with E-state index in [9.17, 15) is 9.59 Å². The van der Waals surface area contributed by atoms with Crippen molar-refractivity contribution in [2.75, 3.05) is 26.2 Å². The Bertz CT molecular complexity index is 1010. The van der Waals surface area contributed by atoms with Crippen LogP contribution in [0, 0.1) is 5.41 Å². The summed E-state index contributed by atoms with van der Waals surface area (Å²) < 4.78 is 7.39. The van der Waals surface area contributed by atoms with Gasteiger partial charge in [0, 0.05) is 43.7 Å². The minimum absolute atomic E-state index is 0.0967. The summed E-state index contributed by atoms with van der Waals surface area (Å²) in [5, 5.41) is 4.63. The highest BCUT2D eigenvalue weighted by atomic mass is 16.6. The van der Waals surface area contributed by atoms with Crippen molar-refractivity contribution < 1.29 is 9.53 Å². The fourth-order valence-electron chi connectivity index (χ4n) is 4.75. The standard InChI is InChI=1S/C23H35N5O3/c1-22(2,3)31-21(30)27-9-6-16(7-10-27)18-12-19(29)25-20-17(13-24-28(18)20)14-26-11-8-23(4,5)15-26/h12-13,16H,6-11,14-15H2,1-5H3,(H,25,29). The van der Waals surface area contributed by atoms with Crippen LogP contribution in [0.25, 0.3) is 5.65 Å². The lowest BCUT2D eigenvalue weighted by Crippen LogP contribution is -2.41. The van der Waals surface area contributed by atoms with Crippen LogP contribution in [0.2, 0.25) is 0 Å². The van der Waals surface area contributed by atoms with Crippen LogP contribution in [0.4, 0.5) is 4.79 Å². The first kappa shape index (κ1) is 21.9. The Labute approximate surface area is 183 Å². The first-order valence-corrected chi connectivity index (χ1v) is 11.3. The van der Waals surface area contributed by atoms with Crippen molar-refractivity contribution in [2.45, 2.75) is 71.9 Å². The molecule has 2 aromatic heterocycles. The molecule has 2 aromatic rings. The van der Waals surface area contributed by atoms with Crippen molar-refractivity contribution in [3.05, 3.63) is 33.9 Å². The maximum atomic E-state index is 12.5. The van der Waals surface area contributed by atoms with Gasteiger partial charge < -0.3 is 14.6 Å². The van der Waals surface area contributed by atoms with E-state index >= 15 is 0 Å². The molecule has 2 aliphatic rings. The summed E-state index contributed by atoms with van der Waals surface area (Å²) in [4.78, 5) is 32.0.